The van der Waals surface area contributed by atoms with Crippen LogP contribution in [0.15, 0.2) is 12.3 Å². The highest BCUT2D eigenvalue weighted by atomic mass is 16.5. The molecule has 0 amide bonds. The van der Waals surface area contributed by atoms with Crippen LogP contribution in [0.1, 0.15) is 27.2 Å². The van der Waals surface area contributed by atoms with Gasteiger partial charge in [0.15, 0.2) is 0 Å². The highest BCUT2D eigenvalue weighted by Gasteiger charge is 2.17. The number of aromatic nitrogens is 1. The predicted molar refractivity (Wildman–Crippen MR) is 77.7 cm³/mol. The molecule has 0 fully saturated rings. The Kier molecular flexibility index (Phi) is 5.25. The summed E-state index contributed by atoms with van der Waals surface area (Å²) >= 11 is 0. The van der Waals surface area contributed by atoms with Crippen molar-refractivity contribution in [2.24, 2.45) is 5.92 Å². The summed E-state index contributed by atoms with van der Waals surface area (Å²) in [6.07, 6.45) is 2.85. The van der Waals surface area contributed by atoms with E-state index in [1.165, 1.54) is 0 Å². The highest BCUT2D eigenvalue weighted by molar-refractivity contribution is 5.74. The summed E-state index contributed by atoms with van der Waals surface area (Å²) in [4.78, 5) is 6.34. The van der Waals surface area contributed by atoms with E-state index in [1.54, 1.807) is 13.3 Å². The van der Waals surface area contributed by atoms with Crippen molar-refractivity contribution in [2.75, 3.05) is 31.4 Å². The molecule has 0 aliphatic carbocycles. The Bertz CT molecular complexity index is 377. The molecule has 0 spiro atoms. The summed E-state index contributed by atoms with van der Waals surface area (Å²) in [6, 6.07) is 2.42. The minimum absolute atomic E-state index is 0.418. The molecule has 4 nitrogen and oxygen atoms in total. The lowest BCUT2D eigenvalue weighted by atomic mass is 10.0. The minimum atomic E-state index is 0.418. The van der Waals surface area contributed by atoms with Gasteiger partial charge in [-0.2, -0.15) is 0 Å². The molecule has 0 aliphatic rings. The number of hydrogen-bond acceptors (Lipinski definition) is 4. The van der Waals surface area contributed by atoms with Crippen LogP contribution in [0.4, 0.5) is 11.4 Å². The van der Waals surface area contributed by atoms with Gasteiger partial charge in [0.05, 0.1) is 12.8 Å². The predicted octanol–water partition coefficient (Wildman–Crippen LogP) is 3.00. The summed E-state index contributed by atoms with van der Waals surface area (Å²) in [5.74, 6) is 1.22. The number of anilines is 2. The average molecular weight is 251 g/mol. The largest absolute Gasteiger partial charge is 0.479 e. The normalized spacial score (nSPS) is 12.4. The van der Waals surface area contributed by atoms with Gasteiger partial charge in [-0.1, -0.05) is 20.8 Å². The third kappa shape index (κ3) is 3.28. The minimum Gasteiger partial charge on any atom is -0.479 e. The summed E-state index contributed by atoms with van der Waals surface area (Å²) in [5.41, 5.74) is 2.08. The first-order valence-corrected chi connectivity index (χ1v) is 6.48. The SMILES string of the molecule is CCC(Nc1c(N(C)C)ccnc1OC)C(C)C. The first-order valence-electron chi connectivity index (χ1n) is 6.48. The van der Waals surface area contributed by atoms with Crippen molar-refractivity contribution in [2.45, 2.75) is 33.2 Å². The maximum atomic E-state index is 5.36. The maximum Gasteiger partial charge on any atom is 0.239 e. The van der Waals surface area contributed by atoms with E-state index in [0.29, 0.717) is 17.8 Å². The van der Waals surface area contributed by atoms with Gasteiger partial charge in [-0.05, 0) is 18.4 Å². The van der Waals surface area contributed by atoms with E-state index >= 15 is 0 Å². The zero-order chi connectivity index (χ0) is 13.7. The number of pyridine rings is 1. The van der Waals surface area contributed by atoms with Crippen molar-refractivity contribution >= 4 is 11.4 Å². The molecular weight excluding hydrogens is 226 g/mol. The van der Waals surface area contributed by atoms with E-state index in [1.807, 2.05) is 20.2 Å². The molecule has 0 saturated heterocycles. The molecule has 1 aromatic heterocycles. The molecule has 1 rings (SSSR count). The van der Waals surface area contributed by atoms with Crippen LogP contribution in [-0.2, 0) is 0 Å². The maximum absolute atomic E-state index is 5.36. The highest BCUT2D eigenvalue weighted by Crippen LogP contribution is 2.33. The van der Waals surface area contributed by atoms with Gasteiger partial charge in [0.1, 0.15) is 5.69 Å². The molecule has 1 N–H and O–H groups in total. The fourth-order valence-corrected chi connectivity index (χ4v) is 2.02. The number of hydrogen-bond donors (Lipinski definition) is 1. The van der Waals surface area contributed by atoms with Gasteiger partial charge in [-0.25, -0.2) is 4.98 Å². The van der Waals surface area contributed by atoms with Crippen molar-refractivity contribution in [3.8, 4) is 5.88 Å². The van der Waals surface area contributed by atoms with E-state index in [9.17, 15) is 0 Å². The monoisotopic (exact) mass is 251 g/mol. The number of ether oxygens (including phenoxy) is 1. The van der Waals surface area contributed by atoms with Crippen LogP contribution in [0.3, 0.4) is 0 Å². The molecule has 0 saturated carbocycles. The van der Waals surface area contributed by atoms with Gasteiger partial charge in [0.2, 0.25) is 5.88 Å². The zero-order valence-corrected chi connectivity index (χ0v) is 12.3. The quantitative estimate of drug-likeness (QED) is 0.843. The number of methoxy groups -OCH3 is 1. The topological polar surface area (TPSA) is 37.4 Å². The van der Waals surface area contributed by atoms with Crippen LogP contribution < -0.4 is 15.0 Å². The summed E-state index contributed by atoms with van der Waals surface area (Å²) in [5, 5.41) is 3.57. The first-order chi connectivity index (χ1) is 8.51. The molecule has 102 valence electrons. The fourth-order valence-electron chi connectivity index (χ4n) is 2.02. The molecular formula is C14H25N3O. The molecule has 4 heteroatoms. The second-order valence-electron chi connectivity index (χ2n) is 5.01. The summed E-state index contributed by atoms with van der Waals surface area (Å²) in [7, 11) is 5.70. The van der Waals surface area contributed by atoms with Gasteiger partial charge in [-0.15, -0.1) is 0 Å². The van der Waals surface area contributed by atoms with Crippen molar-refractivity contribution in [3.05, 3.63) is 12.3 Å². The van der Waals surface area contributed by atoms with Crippen molar-refractivity contribution in [3.63, 3.8) is 0 Å². The Morgan fingerprint density at radius 1 is 1.39 bits per heavy atom. The van der Waals surface area contributed by atoms with Crippen LogP contribution in [0.5, 0.6) is 5.88 Å². The molecule has 0 radical (unpaired) electrons. The van der Waals surface area contributed by atoms with Crippen molar-refractivity contribution in [1.82, 2.24) is 4.98 Å². The second kappa shape index (κ2) is 6.47. The lowest BCUT2D eigenvalue weighted by molar-refractivity contribution is 0.398. The van der Waals surface area contributed by atoms with Crippen LogP contribution in [0.25, 0.3) is 0 Å². The summed E-state index contributed by atoms with van der Waals surface area (Å²) in [6.45, 7) is 6.63. The van der Waals surface area contributed by atoms with Crippen LogP contribution >= 0.6 is 0 Å². The van der Waals surface area contributed by atoms with Gasteiger partial charge >= 0.3 is 0 Å². The van der Waals surface area contributed by atoms with E-state index in [-0.39, 0.29) is 0 Å². The number of nitrogens with zero attached hydrogens (tertiary/aromatic N) is 2. The molecule has 18 heavy (non-hydrogen) atoms. The lowest BCUT2D eigenvalue weighted by Crippen LogP contribution is -2.26. The molecule has 0 aliphatic heterocycles. The zero-order valence-electron chi connectivity index (χ0n) is 12.3. The molecule has 0 aromatic carbocycles. The Labute approximate surface area is 110 Å². The molecule has 1 unspecified atom stereocenters. The molecule has 1 heterocycles. The Hall–Kier alpha value is -1.45. The fraction of sp³-hybridized carbons (Fsp3) is 0.643. The van der Waals surface area contributed by atoms with Gasteiger partial charge in [-0.3, -0.25) is 0 Å². The Morgan fingerprint density at radius 3 is 2.50 bits per heavy atom. The molecule has 1 atom stereocenters. The smallest absolute Gasteiger partial charge is 0.239 e. The van der Waals surface area contributed by atoms with E-state index < -0.39 is 0 Å². The third-order valence-electron chi connectivity index (χ3n) is 3.14. The Balaban J connectivity index is 3.11. The number of rotatable bonds is 6. The third-order valence-corrected chi connectivity index (χ3v) is 3.14. The number of nitrogens with one attached hydrogen (secondary N) is 1. The van der Waals surface area contributed by atoms with Gasteiger partial charge < -0.3 is 15.0 Å². The van der Waals surface area contributed by atoms with Crippen LogP contribution in [-0.4, -0.2) is 32.2 Å². The van der Waals surface area contributed by atoms with Crippen LogP contribution in [0, 0.1) is 5.92 Å². The lowest BCUT2D eigenvalue weighted by Gasteiger charge is -2.26. The summed E-state index contributed by atoms with van der Waals surface area (Å²) < 4.78 is 5.36. The van der Waals surface area contributed by atoms with Crippen molar-refractivity contribution in [1.29, 1.82) is 0 Å². The first kappa shape index (κ1) is 14.6. The average Bonchev–Trinajstić information content (AvgIpc) is 2.34. The molecule has 0 bridgehead atoms. The standard InChI is InChI=1S/C14H25N3O/c1-7-11(10(2)3)16-13-12(17(4)5)8-9-15-14(13)18-6/h8-11,16H,7H2,1-6H3. The van der Waals surface area contributed by atoms with Gasteiger partial charge in [0.25, 0.3) is 0 Å². The molecule has 1 aromatic rings. The van der Waals surface area contributed by atoms with E-state index in [4.69, 9.17) is 4.74 Å². The van der Waals surface area contributed by atoms with Gasteiger partial charge in [0, 0.05) is 26.3 Å². The van der Waals surface area contributed by atoms with Crippen molar-refractivity contribution < 1.29 is 4.74 Å². The Morgan fingerprint density at radius 2 is 2.06 bits per heavy atom. The van der Waals surface area contributed by atoms with E-state index in [2.05, 4.69) is 36.0 Å². The van der Waals surface area contributed by atoms with E-state index in [0.717, 1.165) is 17.8 Å². The van der Waals surface area contributed by atoms with Crippen LogP contribution in [0.2, 0.25) is 0 Å². The second-order valence-corrected chi connectivity index (χ2v) is 5.01.